The van der Waals surface area contributed by atoms with Crippen molar-refractivity contribution in [2.24, 2.45) is 5.92 Å². The van der Waals surface area contributed by atoms with Gasteiger partial charge in [-0.1, -0.05) is 44.2 Å². The van der Waals surface area contributed by atoms with Crippen LogP contribution in [0.15, 0.2) is 47.8 Å². The number of hydrogen-bond acceptors (Lipinski definition) is 4. The van der Waals surface area contributed by atoms with Crippen molar-refractivity contribution >= 4 is 33.4 Å². The van der Waals surface area contributed by atoms with Crippen molar-refractivity contribution in [3.8, 4) is 0 Å². The van der Waals surface area contributed by atoms with Crippen LogP contribution in [0.1, 0.15) is 29.9 Å². The van der Waals surface area contributed by atoms with Crippen LogP contribution in [0.3, 0.4) is 0 Å². The molecule has 1 atom stereocenters. The summed E-state index contributed by atoms with van der Waals surface area (Å²) in [5.74, 6) is -0.769. The molecule has 0 saturated heterocycles. The summed E-state index contributed by atoms with van der Waals surface area (Å²) in [6.45, 7) is 4.35. The molecule has 0 aliphatic heterocycles. The number of ether oxygens (including phenoxy) is 1. The van der Waals surface area contributed by atoms with E-state index in [4.69, 9.17) is 4.74 Å². The number of aromatic nitrogens is 1. The third kappa shape index (κ3) is 3.65. The van der Waals surface area contributed by atoms with Crippen molar-refractivity contribution in [1.29, 1.82) is 0 Å². The van der Waals surface area contributed by atoms with Gasteiger partial charge in [-0.15, -0.1) is 11.3 Å². The zero-order chi connectivity index (χ0) is 18.7. The molecule has 136 valence electrons. The Hall–Kier alpha value is -2.60. The van der Waals surface area contributed by atoms with Gasteiger partial charge >= 0.3 is 5.97 Å². The third-order valence-corrected chi connectivity index (χ3v) is 5.20. The van der Waals surface area contributed by atoms with Crippen LogP contribution in [0.4, 0.5) is 0 Å². The van der Waals surface area contributed by atoms with Gasteiger partial charge in [0, 0.05) is 6.54 Å². The number of carbonyl (C=O) groups excluding carboxylic acids is 2. The molecule has 1 aromatic carbocycles. The molecule has 5 nitrogen and oxygen atoms in total. The SMILES string of the molecule is COC(=O)C(NC(=O)c1cc2sccc2n1Cc1ccccc1)C(C)C. The maximum atomic E-state index is 12.9. The summed E-state index contributed by atoms with van der Waals surface area (Å²) < 4.78 is 7.86. The molecule has 6 heteroatoms. The number of esters is 1. The van der Waals surface area contributed by atoms with Gasteiger partial charge in [-0.25, -0.2) is 4.79 Å². The third-order valence-electron chi connectivity index (χ3n) is 4.35. The number of methoxy groups -OCH3 is 1. The van der Waals surface area contributed by atoms with Crippen LogP contribution in [0, 0.1) is 5.92 Å². The number of nitrogens with zero attached hydrogens (tertiary/aromatic N) is 1. The van der Waals surface area contributed by atoms with Gasteiger partial charge in [0.05, 0.1) is 17.3 Å². The second kappa shape index (κ2) is 7.74. The molecule has 0 bridgehead atoms. The average molecular weight is 370 g/mol. The molecular weight excluding hydrogens is 348 g/mol. The number of amides is 1. The minimum atomic E-state index is -0.675. The lowest BCUT2D eigenvalue weighted by atomic mass is 10.0. The summed E-state index contributed by atoms with van der Waals surface area (Å²) in [6, 6.07) is 13.2. The van der Waals surface area contributed by atoms with Gasteiger partial charge in [-0.05, 0) is 29.0 Å². The van der Waals surface area contributed by atoms with E-state index in [-0.39, 0.29) is 11.8 Å². The van der Waals surface area contributed by atoms with Gasteiger partial charge in [0.15, 0.2) is 0 Å². The lowest BCUT2D eigenvalue weighted by Gasteiger charge is -2.20. The first-order valence-corrected chi connectivity index (χ1v) is 9.38. The second-order valence-corrected chi connectivity index (χ2v) is 7.44. The number of rotatable bonds is 6. The van der Waals surface area contributed by atoms with Crippen LogP contribution >= 0.6 is 11.3 Å². The van der Waals surface area contributed by atoms with E-state index in [2.05, 4.69) is 5.32 Å². The Morgan fingerprint density at radius 2 is 1.92 bits per heavy atom. The molecule has 0 saturated carbocycles. The molecule has 1 N–H and O–H groups in total. The number of carbonyl (C=O) groups is 2. The maximum Gasteiger partial charge on any atom is 0.328 e. The first-order valence-electron chi connectivity index (χ1n) is 8.50. The highest BCUT2D eigenvalue weighted by Crippen LogP contribution is 2.26. The average Bonchev–Trinajstić information content (AvgIpc) is 3.22. The Morgan fingerprint density at radius 3 is 2.58 bits per heavy atom. The second-order valence-electron chi connectivity index (χ2n) is 6.49. The fraction of sp³-hybridized carbons (Fsp3) is 0.300. The molecule has 26 heavy (non-hydrogen) atoms. The monoisotopic (exact) mass is 370 g/mol. The van der Waals surface area contributed by atoms with Crippen molar-refractivity contribution < 1.29 is 14.3 Å². The normalized spacial score (nSPS) is 12.3. The molecule has 0 radical (unpaired) electrons. The zero-order valence-corrected chi connectivity index (χ0v) is 15.9. The Bertz CT molecular complexity index is 912. The summed E-state index contributed by atoms with van der Waals surface area (Å²) in [6.07, 6.45) is 0. The first-order chi connectivity index (χ1) is 12.5. The van der Waals surface area contributed by atoms with E-state index in [0.717, 1.165) is 15.8 Å². The number of hydrogen-bond donors (Lipinski definition) is 1. The molecule has 0 aliphatic rings. The fourth-order valence-electron chi connectivity index (χ4n) is 2.94. The Morgan fingerprint density at radius 1 is 1.19 bits per heavy atom. The highest BCUT2D eigenvalue weighted by Gasteiger charge is 2.27. The van der Waals surface area contributed by atoms with Crippen molar-refractivity contribution in [3.63, 3.8) is 0 Å². The minimum Gasteiger partial charge on any atom is -0.467 e. The van der Waals surface area contributed by atoms with Gasteiger partial charge < -0.3 is 14.6 Å². The van der Waals surface area contributed by atoms with E-state index in [0.29, 0.717) is 12.2 Å². The number of nitrogens with one attached hydrogen (secondary N) is 1. The smallest absolute Gasteiger partial charge is 0.328 e. The van der Waals surface area contributed by atoms with Crippen LogP contribution in [-0.2, 0) is 16.1 Å². The molecular formula is C20H22N2O3S. The number of fused-ring (bicyclic) bond motifs is 1. The molecule has 0 spiro atoms. The number of thiophene rings is 1. The molecule has 1 unspecified atom stereocenters. The highest BCUT2D eigenvalue weighted by atomic mass is 32.1. The van der Waals surface area contributed by atoms with Gasteiger partial charge in [-0.2, -0.15) is 0 Å². The van der Waals surface area contributed by atoms with Crippen LogP contribution in [-0.4, -0.2) is 29.6 Å². The van der Waals surface area contributed by atoms with Crippen molar-refractivity contribution in [2.75, 3.05) is 7.11 Å². The molecule has 3 aromatic rings. The maximum absolute atomic E-state index is 12.9. The van der Waals surface area contributed by atoms with Crippen LogP contribution < -0.4 is 5.32 Å². The molecule has 0 aliphatic carbocycles. The summed E-state index contributed by atoms with van der Waals surface area (Å²) in [5.41, 5.74) is 2.67. The lowest BCUT2D eigenvalue weighted by molar-refractivity contribution is -0.144. The zero-order valence-electron chi connectivity index (χ0n) is 15.1. The van der Waals surface area contributed by atoms with E-state index in [1.54, 1.807) is 11.3 Å². The summed E-state index contributed by atoms with van der Waals surface area (Å²) >= 11 is 1.59. The first kappa shape index (κ1) is 18.2. The molecule has 2 aromatic heterocycles. The molecule has 2 heterocycles. The summed E-state index contributed by atoms with van der Waals surface area (Å²) in [5, 5.41) is 4.84. The largest absolute Gasteiger partial charge is 0.467 e. The predicted molar refractivity (Wildman–Crippen MR) is 103 cm³/mol. The van der Waals surface area contributed by atoms with E-state index in [1.807, 2.05) is 66.3 Å². The predicted octanol–water partition coefficient (Wildman–Crippen LogP) is 3.68. The van der Waals surface area contributed by atoms with Gasteiger partial charge in [0.25, 0.3) is 5.91 Å². The summed E-state index contributed by atoms with van der Waals surface area (Å²) in [7, 11) is 1.33. The van der Waals surface area contributed by atoms with Crippen LogP contribution in [0.25, 0.3) is 10.2 Å². The fourth-order valence-corrected chi connectivity index (χ4v) is 3.76. The van der Waals surface area contributed by atoms with Gasteiger partial charge in [0.2, 0.25) is 0 Å². The Balaban J connectivity index is 1.94. The van der Waals surface area contributed by atoms with E-state index < -0.39 is 12.0 Å². The standard InChI is InChI=1S/C20H22N2O3S/c1-13(2)18(20(24)25-3)21-19(23)16-11-17-15(9-10-26-17)22(16)12-14-7-5-4-6-8-14/h4-11,13,18H,12H2,1-3H3,(H,21,23). The van der Waals surface area contributed by atoms with Crippen molar-refractivity contribution in [3.05, 3.63) is 59.1 Å². The summed E-state index contributed by atoms with van der Waals surface area (Å²) in [4.78, 5) is 24.9. The van der Waals surface area contributed by atoms with E-state index in [1.165, 1.54) is 7.11 Å². The van der Waals surface area contributed by atoms with Crippen molar-refractivity contribution in [2.45, 2.75) is 26.4 Å². The highest BCUT2D eigenvalue weighted by molar-refractivity contribution is 7.17. The number of benzene rings is 1. The molecule has 3 rings (SSSR count). The van der Waals surface area contributed by atoms with Crippen molar-refractivity contribution in [1.82, 2.24) is 9.88 Å². The lowest BCUT2D eigenvalue weighted by Crippen LogP contribution is -2.45. The molecule has 1 amide bonds. The van der Waals surface area contributed by atoms with Gasteiger partial charge in [-0.3, -0.25) is 4.79 Å². The Labute approximate surface area is 156 Å². The van der Waals surface area contributed by atoms with E-state index >= 15 is 0 Å². The van der Waals surface area contributed by atoms with Crippen LogP contribution in [0.5, 0.6) is 0 Å². The van der Waals surface area contributed by atoms with Gasteiger partial charge in [0.1, 0.15) is 11.7 Å². The Kier molecular flexibility index (Phi) is 5.42. The minimum absolute atomic E-state index is 0.0648. The van der Waals surface area contributed by atoms with E-state index in [9.17, 15) is 9.59 Å². The topological polar surface area (TPSA) is 60.3 Å². The molecule has 0 fully saturated rings. The quantitative estimate of drug-likeness (QED) is 0.674. The van der Waals surface area contributed by atoms with Crippen LogP contribution in [0.2, 0.25) is 0 Å².